The highest BCUT2D eigenvalue weighted by Crippen LogP contribution is 2.24. The molecule has 0 spiro atoms. The third-order valence-electron chi connectivity index (χ3n) is 3.26. The van der Waals surface area contributed by atoms with E-state index in [1.807, 2.05) is 37.4 Å². The molecule has 4 heteroatoms. The standard InChI is InChI=1S/C15H12Cl2N2/c1-10-13-6-7-19(15(13)18-8-14(10)17)9-11-2-4-12(16)5-3-11/h2-8H,9H2,1H3. The number of aromatic nitrogens is 2. The van der Waals surface area contributed by atoms with Gasteiger partial charge in [0, 0.05) is 29.3 Å². The highest BCUT2D eigenvalue weighted by molar-refractivity contribution is 6.32. The minimum atomic E-state index is 0.705. The summed E-state index contributed by atoms with van der Waals surface area (Å²) < 4.78 is 2.11. The van der Waals surface area contributed by atoms with Crippen molar-refractivity contribution in [2.45, 2.75) is 13.5 Å². The van der Waals surface area contributed by atoms with E-state index in [1.165, 1.54) is 5.56 Å². The van der Waals surface area contributed by atoms with E-state index in [1.54, 1.807) is 6.20 Å². The van der Waals surface area contributed by atoms with Crippen LogP contribution in [0.15, 0.2) is 42.7 Å². The molecule has 0 aliphatic rings. The van der Waals surface area contributed by atoms with Crippen molar-refractivity contribution in [1.82, 2.24) is 9.55 Å². The molecule has 0 saturated heterocycles. The van der Waals surface area contributed by atoms with Gasteiger partial charge in [0.2, 0.25) is 0 Å². The summed E-state index contributed by atoms with van der Waals surface area (Å²) in [5, 5.41) is 2.56. The van der Waals surface area contributed by atoms with Gasteiger partial charge in [-0.1, -0.05) is 35.3 Å². The molecule has 0 aliphatic heterocycles. The summed E-state index contributed by atoms with van der Waals surface area (Å²) in [6, 6.07) is 9.91. The summed E-state index contributed by atoms with van der Waals surface area (Å²) in [5.41, 5.74) is 3.22. The van der Waals surface area contributed by atoms with Crippen molar-refractivity contribution in [3.8, 4) is 0 Å². The predicted octanol–water partition coefficient (Wildman–Crippen LogP) is 4.70. The molecule has 3 rings (SSSR count). The van der Waals surface area contributed by atoms with Crippen molar-refractivity contribution in [3.05, 3.63) is 63.9 Å². The third kappa shape index (κ3) is 2.34. The highest BCUT2D eigenvalue weighted by Gasteiger charge is 2.08. The van der Waals surface area contributed by atoms with E-state index in [2.05, 4.69) is 15.6 Å². The molecular formula is C15H12Cl2N2. The van der Waals surface area contributed by atoms with E-state index in [4.69, 9.17) is 23.2 Å². The van der Waals surface area contributed by atoms with Gasteiger partial charge in [0.05, 0.1) is 5.02 Å². The Balaban J connectivity index is 2.02. The molecule has 0 saturated carbocycles. The molecule has 0 radical (unpaired) electrons. The Morgan fingerprint density at radius 3 is 2.58 bits per heavy atom. The summed E-state index contributed by atoms with van der Waals surface area (Å²) in [7, 11) is 0. The smallest absolute Gasteiger partial charge is 0.140 e. The number of halogens is 2. The van der Waals surface area contributed by atoms with E-state index in [9.17, 15) is 0 Å². The fraction of sp³-hybridized carbons (Fsp3) is 0.133. The lowest BCUT2D eigenvalue weighted by Crippen LogP contribution is -1.99. The second-order valence-electron chi connectivity index (χ2n) is 4.54. The van der Waals surface area contributed by atoms with Gasteiger partial charge in [0.15, 0.2) is 0 Å². The Bertz CT molecular complexity index is 730. The molecule has 0 aliphatic carbocycles. The van der Waals surface area contributed by atoms with Crippen molar-refractivity contribution in [2.75, 3.05) is 0 Å². The number of benzene rings is 1. The largest absolute Gasteiger partial charge is 0.328 e. The van der Waals surface area contributed by atoms with Gasteiger partial charge in [0.1, 0.15) is 5.65 Å². The van der Waals surface area contributed by atoms with Crippen LogP contribution in [-0.4, -0.2) is 9.55 Å². The molecule has 0 fully saturated rings. The lowest BCUT2D eigenvalue weighted by molar-refractivity contribution is 0.825. The van der Waals surface area contributed by atoms with Crippen molar-refractivity contribution in [2.24, 2.45) is 0 Å². The van der Waals surface area contributed by atoms with E-state index in [0.29, 0.717) is 5.02 Å². The van der Waals surface area contributed by atoms with Crippen LogP contribution < -0.4 is 0 Å². The van der Waals surface area contributed by atoms with Gasteiger partial charge in [0.25, 0.3) is 0 Å². The van der Waals surface area contributed by atoms with Gasteiger partial charge >= 0.3 is 0 Å². The van der Waals surface area contributed by atoms with Gasteiger partial charge in [-0.2, -0.15) is 0 Å². The molecule has 0 N–H and O–H groups in total. The fourth-order valence-corrected chi connectivity index (χ4v) is 2.43. The van der Waals surface area contributed by atoms with E-state index >= 15 is 0 Å². The molecule has 2 heterocycles. The second kappa shape index (κ2) is 4.87. The monoisotopic (exact) mass is 290 g/mol. The summed E-state index contributed by atoms with van der Waals surface area (Å²) in [5.74, 6) is 0. The zero-order valence-electron chi connectivity index (χ0n) is 10.4. The lowest BCUT2D eigenvalue weighted by atomic mass is 10.2. The molecule has 2 nitrogen and oxygen atoms in total. The first-order chi connectivity index (χ1) is 9.15. The Morgan fingerprint density at radius 1 is 1.11 bits per heavy atom. The first-order valence-electron chi connectivity index (χ1n) is 5.99. The van der Waals surface area contributed by atoms with Crippen LogP contribution >= 0.6 is 23.2 Å². The van der Waals surface area contributed by atoms with Crippen LogP contribution in [0.3, 0.4) is 0 Å². The van der Waals surface area contributed by atoms with Crippen LogP contribution in [0.2, 0.25) is 10.0 Å². The van der Waals surface area contributed by atoms with E-state index in [-0.39, 0.29) is 0 Å². The Labute approximate surface area is 121 Å². The minimum Gasteiger partial charge on any atom is -0.328 e. The maximum atomic E-state index is 6.09. The van der Waals surface area contributed by atoms with Crippen LogP contribution in [0.5, 0.6) is 0 Å². The van der Waals surface area contributed by atoms with Crippen LogP contribution in [0.25, 0.3) is 11.0 Å². The van der Waals surface area contributed by atoms with Gasteiger partial charge in [-0.3, -0.25) is 0 Å². The Morgan fingerprint density at radius 2 is 1.84 bits per heavy atom. The number of fused-ring (bicyclic) bond motifs is 1. The van der Waals surface area contributed by atoms with Crippen molar-refractivity contribution < 1.29 is 0 Å². The van der Waals surface area contributed by atoms with Crippen molar-refractivity contribution in [1.29, 1.82) is 0 Å². The number of aryl methyl sites for hydroxylation is 1. The van der Waals surface area contributed by atoms with Gasteiger partial charge < -0.3 is 4.57 Å². The van der Waals surface area contributed by atoms with Gasteiger partial charge in [-0.05, 0) is 36.2 Å². The summed E-state index contributed by atoms with van der Waals surface area (Å²) in [6.45, 7) is 2.79. The summed E-state index contributed by atoms with van der Waals surface area (Å²) in [6.07, 6.45) is 3.74. The summed E-state index contributed by atoms with van der Waals surface area (Å²) >= 11 is 12.0. The molecule has 19 heavy (non-hydrogen) atoms. The van der Waals surface area contributed by atoms with Crippen LogP contribution in [0, 0.1) is 6.92 Å². The first-order valence-corrected chi connectivity index (χ1v) is 6.75. The maximum Gasteiger partial charge on any atom is 0.140 e. The van der Waals surface area contributed by atoms with Crippen LogP contribution in [0.1, 0.15) is 11.1 Å². The molecule has 3 aromatic rings. The predicted molar refractivity (Wildman–Crippen MR) is 80.0 cm³/mol. The molecular weight excluding hydrogens is 279 g/mol. The van der Waals surface area contributed by atoms with E-state index in [0.717, 1.165) is 28.2 Å². The first kappa shape index (κ1) is 12.5. The molecule has 0 unspecified atom stereocenters. The van der Waals surface area contributed by atoms with Gasteiger partial charge in [-0.15, -0.1) is 0 Å². The second-order valence-corrected chi connectivity index (χ2v) is 5.38. The fourth-order valence-electron chi connectivity index (χ4n) is 2.16. The van der Waals surface area contributed by atoms with Crippen LogP contribution in [0.4, 0.5) is 0 Å². The van der Waals surface area contributed by atoms with Crippen molar-refractivity contribution in [3.63, 3.8) is 0 Å². The number of nitrogens with zero attached hydrogens (tertiary/aromatic N) is 2. The zero-order valence-corrected chi connectivity index (χ0v) is 11.9. The van der Waals surface area contributed by atoms with E-state index < -0.39 is 0 Å². The quantitative estimate of drug-likeness (QED) is 0.669. The Hall–Kier alpha value is -1.51. The Kier molecular flexibility index (Phi) is 3.21. The van der Waals surface area contributed by atoms with Crippen LogP contribution in [-0.2, 0) is 6.54 Å². The molecule has 2 aromatic heterocycles. The average molecular weight is 291 g/mol. The molecule has 0 bridgehead atoms. The average Bonchev–Trinajstić information content (AvgIpc) is 2.80. The molecule has 0 atom stereocenters. The molecule has 96 valence electrons. The number of hydrogen-bond acceptors (Lipinski definition) is 1. The molecule has 0 amide bonds. The minimum absolute atomic E-state index is 0.705. The number of rotatable bonds is 2. The van der Waals surface area contributed by atoms with Gasteiger partial charge in [-0.25, -0.2) is 4.98 Å². The topological polar surface area (TPSA) is 17.8 Å². The number of hydrogen-bond donors (Lipinski definition) is 0. The third-order valence-corrected chi connectivity index (χ3v) is 3.90. The lowest BCUT2D eigenvalue weighted by Gasteiger charge is -2.06. The van der Waals surface area contributed by atoms with Crippen molar-refractivity contribution >= 4 is 34.2 Å². The zero-order chi connectivity index (χ0) is 13.4. The SMILES string of the molecule is Cc1c(Cl)cnc2c1ccn2Cc1ccc(Cl)cc1. The summed E-state index contributed by atoms with van der Waals surface area (Å²) in [4.78, 5) is 4.42. The number of pyridine rings is 1. The normalized spacial score (nSPS) is 11.1. The highest BCUT2D eigenvalue weighted by atomic mass is 35.5. The maximum absolute atomic E-state index is 6.09. The molecule has 1 aromatic carbocycles.